The molecule has 90 valence electrons. The molecule has 2 heterocycles. The normalized spacial score (nSPS) is 10.4. The predicted molar refractivity (Wildman–Crippen MR) is 70.8 cm³/mol. The lowest BCUT2D eigenvalue weighted by Crippen LogP contribution is -2.00. The fourth-order valence-electron chi connectivity index (χ4n) is 1.58. The van der Waals surface area contributed by atoms with Crippen molar-refractivity contribution in [3.05, 3.63) is 53.2 Å². The molecule has 0 saturated carbocycles. The molecular formula is C12H11N5S. The number of hydrogen-bond donors (Lipinski definition) is 1. The molecule has 1 N–H and O–H groups in total. The molecule has 0 aliphatic carbocycles. The summed E-state index contributed by atoms with van der Waals surface area (Å²) < 4.78 is 0. The quantitative estimate of drug-likeness (QED) is 0.779. The van der Waals surface area contributed by atoms with Crippen LogP contribution in [0.5, 0.6) is 0 Å². The monoisotopic (exact) mass is 257 g/mol. The Kier molecular flexibility index (Phi) is 3.01. The lowest BCUT2D eigenvalue weighted by molar-refractivity contribution is 0.752. The minimum absolute atomic E-state index is 0.796. The van der Waals surface area contributed by atoms with Gasteiger partial charge in [-0.2, -0.15) is 15.0 Å². The van der Waals surface area contributed by atoms with E-state index in [0.717, 1.165) is 17.9 Å². The average molecular weight is 257 g/mol. The molecule has 0 atom stereocenters. The highest BCUT2D eigenvalue weighted by molar-refractivity contribution is 7.09. The molecule has 0 fully saturated rings. The molecule has 3 rings (SSSR count). The van der Waals surface area contributed by atoms with Crippen molar-refractivity contribution in [3.8, 4) is 5.69 Å². The number of benzene rings is 1. The van der Waals surface area contributed by atoms with E-state index in [0.29, 0.717) is 0 Å². The van der Waals surface area contributed by atoms with Crippen LogP contribution in [0, 0.1) is 0 Å². The van der Waals surface area contributed by atoms with Gasteiger partial charge in [-0.1, -0.05) is 0 Å². The number of thiazole rings is 1. The number of nitrogens with one attached hydrogen (secondary N) is 1. The Hall–Kier alpha value is -2.21. The van der Waals surface area contributed by atoms with Gasteiger partial charge < -0.3 is 5.32 Å². The van der Waals surface area contributed by atoms with Crippen molar-refractivity contribution in [1.29, 1.82) is 0 Å². The van der Waals surface area contributed by atoms with E-state index in [2.05, 4.69) is 20.5 Å². The van der Waals surface area contributed by atoms with Crippen molar-refractivity contribution in [2.45, 2.75) is 6.54 Å². The molecule has 0 spiro atoms. The average Bonchev–Trinajstić information content (AvgIpc) is 3.10. The van der Waals surface area contributed by atoms with Gasteiger partial charge in [-0.05, 0) is 24.3 Å². The van der Waals surface area contributed by atoms with E-state index >= 15 is 0 Å². The third-order valence-electron chi connectivity index (χ3n) is 2.47. The van der Waals surface area contributed by atoms with Gasteiger partial charge >= 0.3 is 0 Å². The van der Waals surface area contributed by atoms with Gasteiger partial charge in [0.25, 0.3) is 0 Å². The second-order valence-electron chi connectivity index (χ2n) is 3.69. The van der Waals surface area contributed by atoms with E-state index in [1.807, 2.05) is 36.0 Å². The van der Waals surface area contributed by atoms with Gasteiger partial charge in [0, 0.05) is 16.8 Å². The maximum Gasteiger partial charge on any atom is 0.0858 e. The van der Waals surface area contributed by atoms with Gasteiger partial charge in [0.1, 0.15) is 0 Å². The molecule has 6 heteroatoms. The fourth-order valence-corrected chi connectivity index (χ4v) is 2.11. The van der Waals surface area contributed by atoms with Crippen LogP contribution in [-0.4, -0.2) is 20.0 Å². The van der Waals surface area contributed by atoms with Crippen molar-refractivity contribution in [1.82, 2.24) is 20.0 Å². The molecule has 0 saturated heterocycles. The summed E-state index contributed by atoms with van der Waals surface area (Å²) in [5.41, 5.74) is 3.85. The molecule has 0 unspecified atom stereocenters. The Bertz CT molecular complexity index is 586. The molecule has 0 amide bonds. The summed E-state index contributed by atoms with van der Waals surface area (Å²) >= 11 is 1.65. The van der Waals surface area contributed by atoms with E-state index < -0.39 is 0 Å². The standard InChI is InChI=1S/C12H11N5S/c1-3-11(17-15-5-6-16-17)4-2-10(1)14-8-12-7-13-9-18-12/h1-7,9,14H,8H2. The summed E-state index contributed by atoms with van der Waals surface area (Å²) in [7, 11) is 0. The Morgan fingerprint density at radius 2 is 1.89 bits per heavy atom. The van der Waals surface area contributed by atoms with Gasteiger partial charge in [0.05, 0.1) is 30.1 Å². The van der Waals surface area contributed by atoms with Crippen LogP contribution in [0.3, 0.4) is 0 Å². The van der Waals surface area contributed by atoms with Gasteiger partial charge in [-0.3, -0.25) is 4.98 Å². The zero-order chi connectivity index (χ0) is 12.2. The SMILES string of the molecule is c1cnn(-c2ccc(NCc3cncs3)cc2)n1. The lowest BCUT2D eigenvalue weighted by atomic mass is 10.3. The molecule has 0 aliphatic rings. The van der Waals surface area contributed by atoms with Crippen molar-refractivity contribution in [2.75, 3.05) is 5.32 Å². The van der Waals surface area contributed by atoms with Crippen molar-refractivity contribution in [2.24, 2.45) is 0 Å². The van der Waals surface area contributed by atoms with Crippen LogP contribution in [0.4, 0.5) is 5.69 Å². The number of rotatable bonds is 4. The number of nitrogens with zero attached hydrogens (tertiary/aromatic N) is 4. The maximum absolute atomic E-state index is 4.08. The van der Waals surface area contributed by atoms with E-state index in [1.165, 1.54) is 4.88 Å². The summed E-state index contributed by atoms with van der Waals surface area (Å²) in [6.45, 7) is 0.796. The molecule has 0 radical (unpaired) electrons. The van der Waals surface area contributed by atoms with E-state index in [1.54, 1.807) is 28.5 Å². The van der Waals surface area contributed by atoms with Crippen LogP contribution >= 0.6 is 11.3 Å². The van der Waals surface area contributed by atoms with E-state index in [-0.39, 0.29) is 0 Å². The first-order valence-electron chi connectivity index (χ1n) is 5.50. The van der Waals surface area contributed by atoms with Crippen LogP contribution in [0.2, 0.25) is 0 Å². The topological polar surface area (TPSA) is 55.6 Å². The summed E-state index contributed by atoms with van der Waals surface area (Å²) in [4.78, 5) is 6.85. The Morgan fingerprint density at radius 1 is 1.11 bits per heavy atom. The van der Waals surface area contributed by atoms with Crippen LogP contribution in [0.25, 0.3) is 5.69 Å². The molecular weight excluding hydrogens is 246 g/mol. The van der Waals surface area contributed by atoms with Crippen LogP contribution < -0.4 is 5.32 Å². The minimum atomic E-state index is 0.796. The predicted octanol–water partition coefficient (Wildman–Crippen LogP) is 2.34. The summed E-state index contributed by atoms with van der Waals surface area (Å²) in [5.74, 6) is 0. The van der Waals surface area contributed by atoms with E-state index in [9.17, 15) is 0 Å². The molecule has 2 aromatic heterocycles. The number of hydrogen-bond acceptors (Lipinski definition) is 5. The Labute approximate surface area is 108 Å². The number of anilines is 1. The number of aromatic nitrogens is 4. The van der Waals surface area contributed by atoms with Gasteiger partial charge in [0.2, 0.25) is 0 Å². The van der Waals surface area contributed by atoms with Crippen LogP contribution in [0.1, 0.15) is 4.88 Å². The van der Waals surface area contributed by atoms with Gasteiger partial charge in [-0.15, -0.1) is 11.3 Å². The van der Waals surface area contributed by atoms with Crippen molar-refractivity contribution in [3.63, 3.8) is 0 Å². The largest absolute Gasteiger partial charge is 0.380 e. The van der Waals surface area contributed by atoms with Crippen LogP contribution in [-0.2, 0) is 6.54 Å². The summed E-state index contributed by atoms with van der Waals surface area (Å²) in [6.07, 6.45) is 5.20. The Morgan fingerprint density at radius 3 is 2.56 bits per heavy atom. The van der Waals surface area contributed by atoms with Crippen molar-refractivity contribution < 1.29 is 0 Å². The molecule has 5 nitrogen and oxygen atoms in total. The highest BCUT2D eigenvalue weighted by Crippen LogP contribution is 2.14. The first kappa shape index (κ1) is 10.9. The smallest absolute Gasteiger partial charge is 0.0858 e. The molecule has 0 bridgehead atoms. The second-order valence-corrected chi connectivity index (χ2v) is 4.66. The third kappa shape index (κ3) is 2.38. The molecule has 0 aliphatic heterocycles. The first-order valence-corrected chi connectivity index (χ1v) is 6.38. The highest BCUT2D eigenvalue weighted by Gasteiger charge is 1.98. The fraction of sp³-hybridized carbons (Fsp3) is 0.0833. The van der Waals surface area contributed by atoms with Gasteiger partial charge in [0.15, 0.2) is 0 Å². The summed E-state index contributed by atoms with van der Waals surface area (Å²) in [5, 5.41) is 11.5. The molecule has 3 aromatic rings. The van der Waals surface area contributed by atoms with Crippen LogP contribution in [0.15, 0.2) is 48.4 Å². The van der Waals surface area contributed by atoms with E-state index in [4.69, 9.17) is 0 Å². The highest BCUT2D eigenvalue weighted by atomic mass is 32.1. The zero-order valence-corrected chi connectivity index (χ0v) is 10.3. The third-order valence-corrected chi connectivity index (χ3v) is 3.25. The van der Waals surface area contributed by atoms with Gasteiger partial charge in [-0.25, -0.2) is 0 Å². The first-order chi connectivity index (χ1) is 8.92. The van der Waals surface area contributed by atoms with Crippen molar-refractivity contribution >= 4 is 17.0 Å². The zero-order valence-electron chi connectivity index (χ0n) is 9.52. The lowest BCUT2D eigenvalue weighted by Gasteiger charge is -2.05. The second kappa shape index (κ2) is 4.97. The summed E-state index contributed by atoms with van der Waals surface area (Å²) in [6, 6.07) is 7.99. The maximum atomic E-state index is 4.08. The Balaban J connectivity index is 1.68. The molecule has 18 heavy (non-hydrogen) atoms. The minimum Gasteiger partial charge on any atom is -0.380 e. The molecule has 1 aromatic carbocycles.